The Morgan fingerprint density at radius 3 is 3.08 bits per heavy atom. The SMILES string of the molecule is C=CC(=O)NC1=C(N)CCC=C1. The molecule has 3 nitrogen and oxygen atoms in total. The Bertz CT molecular complexity index is 264. The first kappa shape index (κ1) is 8.59. The topological polar surface area (TPSA) is 55.1 Å². The van der Waals surface area contributed by atoms with E-state index in [9.17, 15) is 4.79 Å². The van der Waals surface area contributed by atoms with Crippen molar-refractivity contribution in [1.29, 1.82) is 0 Å². The lowest BCUT2D eigenvalue weighted by atomic mass is 10.1. The second-order valence-electron chi connectivity index (χ2n) is 2.57. The number of allylic oxidation sites excluding steroid dienone is 3. The van der Waals surface area contributed by atoms with Crippen LogP contribution >= 0.6 is 0 Å². The zero-order chi connectivity index (χ0) is 8.97. The van der Waals surface area contributed by atoms with Gasteiger partial charge in [0.1, 0.15) is 0 Å². The summed E-state index contributed by atoms with van der Waals surface area (Å²) in [5.41, 5.74) is 7.09. The number of rotatable bonds is 2. The van der Waals surface area contributed by atoms with Crippen molar-refractivity contribution in [1.82, 2.24) is 5.32 Å². The molecule has 0 aliphatic heterocycles. The third-order valence-electron chi connectivity index (χ3n) is 1.65. The third-order valence-corrected chi connectivity index (χ3v) is 1.65. The number of nitrogens with one attached hydrogen (secondary N) is 1. The van der Waals surface area contributed by atoms with E-state index >= 15 is 0 Å². The van der Waals surface area contributed by atoms with Gasteiger partial charge in [0.15, 0.2) is 0 Å². The number of carbonyl (C=O) groups is 1. The van der Waals surface area contributed by atoms with Crippen molar-refractivity contribution in [3.05, 3.63) is 36.2 Å². The number of nitrogens with two attached hydrogens (primary N) is 1. The fourth-order valence-corrected chi connectivity index (χ4v) is 0.987. The maximum Gasteiger partial charge on any atom is 0.247 e. The van der Waals surface area contributed by atoms with E-state index in [4.69, 9.17) is 5.73 Å². The van der Waals surface area contributed by atoms with E-state index in [2.05, 4.69) is 11.9 Å². The fraction of sp³-hybridized carbons (Fsp3) is 0.222. The predicted octanol–water partition coefficient (Wildman–Crippen LogP) is 0.809. The van der Waals surface area contributed by atoms with Crippen molar-refractivity contribution in [2.24, 2.45) is 5.73 Å². The zero-order valence-corrected chi connectivity index (χ0v) is 6.84. The van der Waals surface area contributed by atoms with Gasteiger partial charge in [-0.05, 0) is 25.0 Å². The molecule has 0 saturated carbocycles. The molecule has 0 aromatic carbocycles. The minimum atomic E-state index is -0.223. The summed E-state index contributed by atoms with van der Waals surface area (Å²) in [4.78, 5) is 10.9. The van der Waals surface area contributed by atoms with E-state index in [0.29, 0.717) is 5.70 Å². The van der Waals surface area contributed by atoms with Crippen molar-refractivity contribution in [3.8, 4) is 0 Å². The highest BCUT2D eigenvalue weighted by molar-refractivity contribution is 5.88. The van der Waals surface area contributed by atoms with E-state index < -0.39 is 0 Å². The smallest absolute Gasteiger partial charge is 0.247 e. The van der Waals surface area contributed by atoms with Crippen LogP contribution in [0.25, 0.3) is 0 Å². The van der Waals surface area contributed by atoms with Crippen LogP contribution in [0.1, 0.15) is 12.8 Å². The maximum absolute atomic E-state index is 10.9. The van der Waals surface area contributed by atoms with E-state index in [1.54, 1.807) is 0 Å². The third kappa shape index (κ3) is 1.99. The lowest BCUT2D eigenvalue weighted by molar-refractivity contribution is -0.115. The van der Waals surface area contributed by atoms with Gasteiger partial charge in [0.25, 0.3) is 0 Å². The summed E-state index contributed by atoms with van der Waals surface area (Å²) in [7, 11) is 0. The fourth-order valence-electron chi connectivity index (χ4n) is 0.987. The molecule has 0 spiro atoms. The molecule has 0 saturated heterocycles. The van der Waals surface area contributed by atoms with Crippen LogP contribution < -0.4 is 11.1 Å². The first-order valence-corrected chi connectivity index (χ1v) is 3.82. The van der Waals surface area contributed by atoms with Crippen molar-refractivity contribution in [3.63, 3.8) is 0 Å². The first-order chi connectivity index (χ1) is 5.74. The van der Waals surface area contributed by atoms with Crippen molar-refractivity contribution in [2.75, 3.05) is 0 Å². The van der Waals surface area contributed by atoms with Crippen LogP contribution in [0.3, 0.4) is 0 Å². The van der Waals surface area contributed by atoms with Crippen LogP contribution in [-0.2, 0) is 4.79 Å². The second kappa shape index (κ2) is 3.76. The summed E-state index contributed by atoms with van der Waals surface area (Å²) in [6.45, 7) is 3.35. The van der Waals surface area contributed by atoms with Crippen LogP contribution in [0.5, 0.6) is 0 Å². The summed E-state index contributed by atoms with van der Waals surface area (Å²) < 4.78 is 0. The van der Waals surface area contributed by atoms with Crippen LogP contribution in [0.15, 0.2) is 36.2 Å². The highest BCUT2D eigenvalue weighted by Crippen LogP contribution is 2.11. The van der Waals surface area contributed by atoms with Gasteiger partial charge in [-0.15, -0.1) is 0 Å². The standard InChI is InChI=1S/C9H12N2O/c1-2-9(12)11-8-6-4-3-5-7(8)10/h2,4,6H,1,3,5,10H2,(H,11,12). The average molecular weight is 164 g/mol. The number of carbonyl (C=O) groups excluding carboxylic acids is 1. The molecule has 64 valence electrons. The Labute approximate surface area is 71.6 Å². The Hall–Kier alpha value is -1.51. The molecule has 1 amide bonds. The highest BCUT2D eigenvalue weighted by atomic mass is 16.1. The van der Waals surface area contributed by atoms with Crippen molar-refractivity contribution >= 4 is 5.91 Å². The van der Waals surface area contributed by atoms with Gasteiger partial charge < -0.3 is 11.1 Å². The van der Waals surface area contributed by atoms with Crippen LogP contribution in [0, 0.1) is 0 Å². The summed E-state index contributed by atoms with van der Waals surface area (Å²) >= 11 is 0. The molecule has 1 aliphatic rings. The number of hydrogen-bond donors (Lipinski definition) is 2. The minimum absolute atomic E-state index is 0.223. The maximum atomic E-state index is 10.9. The molecule has 0 atom stereocenters. The molecule has 3 heteroatoms. The molecule has 0 bridgehead atoms. The Morgan fingerprint density at radius 1 is 1.75 bits per heavy atom. The van der Waals surface area contributed by atoms with Gasteiger partial charge in [0.2, 0.25) is 5.91 Å². The lowest BCUT2D eigenvalue weighted by Crippen LogP contribution is -2.23. The predicted molar refractivity (Wildman–Crippen MR) is 47.9 cm³/mol. The molecule has 0 unspecified atom stereocenters. The molecule has 0 aromatic heterocycles. The normalized spacial score (nSPS) is 16.0. The molecule has 0 radical (unpaired) electrons. The quantitative estimate of drug-likeness (QED) is 0.593. The first-order valence-electron chi connectivity index (χ1n) is 3.82. The van der Waals surface area contributed by atoms with Gasteiger partial charge in [-0.25, -0.2) is 0 Å². The van der Waals surface area contributed by atoms with Gasteiger partial charge in [-0.1, -0.05) is 12.7 Å². The van der Waals surface area contributed by atoms with Gasteiger partial charge >= 0.3 is 0 Å². The molecule has 0 aromatic rings. The molecule has 1 aliphatic carbocycles. The summed E-state index contributed by atoms with van der Waals surface area (Å²) in [6.07, 6.45) is 6.78. The molecule has 12 heavy (non-hydrogen) atoms. The minimum Gasteiger partial charge on any atom is -0.400 e. The molecule has 1 rings (SSSR count). The summed E-state index contributed by atoms with van der Waals surface area (Å²) in [5.74, 6) is -0.223. The lowest BCUT2D eigenvalue weighted by Gasteiger charge is -2.11. The highest BCUT2D eigenvalue weighted by Gasteiger charge is 2.05. The van der Waals surface area contributed by atoms with E-state index in [0.717, 1.165) is 18.5 Å². The van der Waals surface area contributed by atoms with Crippen LogP contribution in [0.2, 0.25) is 0 Å². The van der Waals surface area contributed by atoms with E-state index in [-0.39, 0.29) is 5.91 Å². The van der Waals surface area contributed by atoms with E-state index in [1.807, 2.05) is 12.2 Å². The molecule has 0 heterocycles. The van der Waals surface area contributed by atoms with Gasteiger partial charge in [-0.2, -0.15) is 0 Å². The largest absolute Gasteiger partial charge is 0.400 e. The Kier molecular flexibility index (Phi) is 2.69. The molecular formula is C9H12N2O. The van der Waals surface area contributed by atoms with Gasteiger partial charge in [-0.3, -0.25) is 4.79 Å². The van der Waals surface area contributed by atoms with Crippen molar-refractivity contribution in [2.45, 2.75) is 12.8 Å². The van der Waals surface area contributed by atoms with Crippen molar-refractivity contribution < 1.29 is 4.79 Å². The van der Waals surface area contributed by atoms with Gasteiger partial charge in [0, 0.05) is 5.70 Å². The van der Waals surface area contributed by atoms with Crippen LogP contribution in [-0.4, -0.2) is 5.91 Å². The summed E-state index contributed by atoms with van der Waals surface area (Å²) in [5, 5.41) is 2.63. The zero-order valence-electron chi connectivity index (χ0n) is 6.84. The Morgan fingerprint density at radius 2 is 2.50 bits per heavy atom. The van der Waals surface area contributed by atoms with E-state index in [1.165, 1.54) is 6.08 Å². The molecule has 0 fully saturated rings. The monoisotopic (exact) mass is 164 g/mol. The Balaban J connectivity index is 2.67. The van der Waals surface area contributed by atoms with Gasteiger partial charge in [0.05, 0.1) is 5.70 Å². The summed E-state index contributed by atoms with van der Waals surface area (Å²) in [6, 6.07) is 0. The molecular weight excluding hydrogens is 152 g/mol. The van der Waals surface area contributed by atoms with Crippen LogP contribution in [0.4, 0.5) is 0 Å². The molecule has 3 N–H and O–H groups in total. The number of hydrogen-bond acceptors (Lipinski definition) is 2. The average Bonchev–Trinajstić information content (AvgIpc) is 2.09. The number of amides is 1. The second-order valence-corrected chi connectivity index (χ2v) is 2.57.